The van der Waals surface area contributed by atoms with Crippen LogP contribution in [0, 0.1) is 0 Å². The average molecular weight is 287 g/mol. The van der Waals surface area contributed by atoms with Gasteiger partial charge in [-0.15, -0.1) is 0 Å². The monoisotopic (exact) mass is 287 g/mol. The van der Waals surface area contributed by atoms with E-state index in [0.717, 1.165) is 0 Å². The molecule has 0 amide bonds. The maximum Gasteiger partial charge on any atom is 0.195 e. The third-order valence-corrected chi connectivity index (χ3v) is 3.15. The SMILES string of the molecule is COc1ccc(C(=O)c2cc(OC)c(OC)cc2N)cc1. The van der Waals surface area contributed by atoms with Crippen LogP contribution in [-0.4, -0.2) is 27.1 Å². The standard InChI is InChI=1S/C16H17NO4/c1-19-11-6-4-10(5-7-11)16(18)12-8-14(20-2)15(21-3)9-13(12)17/h4-9H,17H2,1-3H3. The summed E-state index contributed by atoms with van der Waals surface area (Å²) >= 11 is 0. The molecule has 21 heavy (non-hydrogen) atoms. The Labute approximate surface area is 123 Å². The van der Waals surface area contributed by atoms with Gasteiger partial charge in [-0.1, -0.05) is 0 Å². The van der Waals surface area contributed by atoms with Gasteiger partial charge in [0, 0.05) is 22.9 Å². The van der Waals surface area contributed by atoms with Gasteiger partial charge in [-0.2, -0.15) is 0 Å². The molecule has 0 bridgehead atoms. The van der Waals surface area contributed by atoms with Crippen molar-refractivity contribution in [2.24, 2.45) is 0 Å². The molecule has 0 aliphatic rings. The molecular formula is C16H17NO4. The summed E-state index contributed by atoms with van der Waals surface area (Å²) in [4.78, 5) is 12.5. The number of rotatable bonds is 5. The van der Waals surface area contributed by atoms with Crippen molar-refractivity contribution >= 4 is 11.5 Å². The number of anilines is 1. The fraction of sp³-hybridized carbons (Fsp3) is 0.188. The van der Waals surface area contributed by atoms with Crippen molar-refractivity contribution < 1.29 is 19.0 Å². The van der Waals surface area contributed by atoms with Gasteiger partial charge in [0.05, 0.1) is 21.3 Å². The Balaban J connectivity index is 2.42. The third-order valence-electron chi connectivity index (χ3n) is 3.15. The van der Waals surface area contributed by atoms with E-state index >= 15 is 0 Å². The number of nitrogen functional groups attached to an aromatic ring is 1. The highest BCUT2D eigenvalue weighted by molar-refractivity contribution is 6.12. The van der Waals surface area contributed by atoms with Crippen molar-refractivity contribution in [3.05, 3.63) is 47.5 Å². The van der Waals surface area contributed by atoms with E-state index in [0.29, 0.717) is 34.1 Å². The second-order valence-corrected chi connectivity index (χ2v) is 4.35. The van der Waals surface area contributed by atoms with Crippen molar-refractivity contribution in [3.8, 4) is 17.2 Å². The minimum absolute atomic E-state index is 0.184. The Bertz CT molecular complexity index is 650. The molecule has 5 heteroatoms. The zero-order valence-electron chi connectivity index (χ0n) is 12.2. The Morgan fingerprint density at radius 2 is 1.48 bits per heavy atom. The van der Waals surface area contributed by atoms with E-state index in [1.165, 1.54) is 14.2 Å². The van der Waals surface area contributed by atoms with Crippen LogP contribution >= 0.6 is 0 Å². The zero-order valence-corrected chi connectivity index (χ0v) is 12.2. The van der Waals surface area contributed by atoms with Crippen LogP contribution in [0.1, 0.15) is 15.9 Å². The largest absolute Gasteiger partial charge is 0.497 e. The minimum atomic E-state index is -0.184. The Hall–Kier alpha value is -2.69. The lowest BCUT2D eigenvalue weighted by molar-refractivity contribution is 0.103. The molecule has 0 aromatic heterocycles. The molecule has 110 valence electrons. The van der Waals surface area contributed by atoms with E-state index < -0.39 is 0 Å². The van der Waals surface area contributed by atoms with Crippen molar-refractivity contribution in [2.75, 3.05) is 27.1 Å². The molecule has 0 spiro atoms. The minimum Gasteiger partial charge on any atom is -0.497 e. The first-order valence-corrected chi connectivity index (χ1v) is 6.31. The van der Waals surface area contributed by atoms with E-state index in [1.807, 2.05) is 0 Å². The fourth-order valence-corrected chi connectivity index (χ4v) is 1.99. The predicted octanol–water partition coefficient (Wildman–Crippen LogP) is 2.53. The molecule has 5 nitrogen and oxygen atoms in total. The molecule has 0 saturated carbocycles. The lowest BCUT2D eigenvalue weighted by atomic mass is 10.0. The van der Waals surface area contributed by atoms with Crippen molar-refractivity contribution in [3.63, 3.8) is 0 Å². The van der Waals surface area contributed by atoms with Gasteiger partial charge in [0.15, 0.2) is 17.3 Å². The van der Waals surface area contributed by atoms with E-state index in [2.05, 4.69) is 0 Å². The van der Waals surface area contributed by atoms with Crippen LogP contribution in [0.2, 0.25) is 0 Å². The number of ether oxygens (including phenoxy) is 3. The summed E-state index contributed by atoms with van der Waals surface area (Å²) in [5.41, 5.74) is 7.17. The van der Waals surface area contributed by atoms with Gasteiger partial charge in [0.1, 0.15) is 5.75 Å². The number of carbonyl (C=O) groups excluding carboxylic acids is 1. The highest BCUT2D eigenvalue weighted by Crippen LogP contribution is 2.33. The number of ketones is 1. The van der Waals surface area contributed by atoms with Crippen molar-refractivity contribution in [1.82, 2.24) is 0 Å². The number of carbonyl (C=O) groups is 1. The number of hydrogen-bond donors (Lipinski definition) is 1. The number of benzene rings is 2. The second kappa shape index (κ2) is 6.17. The van der Waals surface area contributed by atoms with Crippen LogP contribution in [0.3, 0.4) is 0 Å². The lowest BCUT2D eigenvalue weighted by Gasteiger charge is -2.12. The summed E-state index contributed by atoms with van der Waals surface area (Å²) in [5.74, 6) is 1.45. The maximum absolute atomic E-state index is 12.5. The van der Waals surface area contributed by atoms with Crippen LogP contribution < -0.4 is 19.9 Å². The second-order valence-electron chi connectivity index (χ2n) is 4.35. The summed E-state index contributed by atoms with van der Waals surface area (Å²) in [7, 11) is 4.60. The normalized spacial score (nSPS) is 10.0. The van der Waals surface area contributed by atoms with Gasteiger partial charge < -0.3 is 19.9 Å². The molecule has 0 heterocycles. The summed E-state index contributed by atoms with van der Waals surface area (Å²) in [6.45, 7) is 0. The van der Waals surface area contributed by atoms with Gasteiger partial charge >= 0.3 is 0 Å². The number of hydrogen-bond acceptors (Lipinski definition) is 5. The summed E-state index contributed by atoms with van der Waals surface area (Å²) in [6.07, 6.45) is 0. The van der Waals surface area contributed by atoms with Gasteiger partial charge in [-0.05, 0) is 30.3 Å². The van der Waals surface area contributed by atoms with E-state index in [4.69, 9.17) is 19.9 Å². The van der Waals surface area contributed by atoms with Crippen LogP contribution in [-0.2, 0) is 0 Å². The highest BCUT2D eigenvalue weighted by atomic mass is 16.5. The van der Waals surface area contributed by atoms with Gasteiger partial charge in [-0.25, -0.2) is 0 Å². The highest BCUT2D eigenvalue weighted by Gasteiger charge is 2.16. The molecule has 0 atom stereocenters. The third kappa shape index (κ3) is 2.91. The van der Waals surface area contributed by atoms with E-state index in [9.17, 15) is 4.79 Å². The predicted molar refractivity (Wildman–Crippen MR) is 80.4 cm³/mol. The summed E-state index contributed by atoms with van der Waals surface area (Å²) in [6, 6.07) is 10.00. The Morgan fingerprint density at radius 3 is 2.00 bits per heavy atom. The molecule has 0 aliphatic heterocycles. The zero-order chi connectivity index (χ0) is 15.4. The van der Waals surface area contributed by atoms with Gasteiger partial charge in [0.2, 0.25) is 0 Å². The molecular weight excluding hydrogens is 270 g/mol. The van der Waals surface area contributed by atoms with Crippen LogP contribution in [0.25, 0.3) is 0 Å². The van der Waals surface area contributed by atoms with Gasteiger partial charge in [-0.3, -0.25) is 4.79 Å². The topological polar surface area (TPSA) is 70.8 Å². The van der Waals surface area contributed by atoms with Gasteiger partial charge in [0.25, 0.3) is 0 Å². The van der Waals surface area contributed by atoms with Crippen molar-refractivity contribution in [2.45, 2.75) is 0 Å². The first-order chi connectivity index (χ1) is 10.1. The quantitative estimate of drug-likeness (QED) is 0.676. The van der Waals surface area contributed by atoms with E-state index in [1.54, 1.807) is 43.5 Å². The van der Waals surface area contributed by atoms with Crippen LogP contribution in [0.5, 0.6) is 17.2 Å². The molecule has 0 unspecified atom stereocenters. The summed E-state index contributed by atoms with van der Waals surface area (Å²) < 4.78 is 15.4. The Morgan fingerprint density at radius 1 is 0.905 bits per heavy atom. The van der Waals surface area contributed by atoms with E-state index in [-0.39, 0.29) is 5.78 Å². The molecule has 0 saturated heterocycles. The molecule has 2 N–H and O–H groups in total. The Kier molecular flexibility index (Phi) is 4.33. The molecule has 2 aromatic carbocycles. The fourth-order valence-electron chi connectivity index (χ4n) is 1.99. The maximum atomic E-state index is 12.5. The van der Waals surface area contributed by atoms with Crippen molar-refractivity contribution in [1.29, 1.82) is 0 Å². The molecule has 0 radical (unpaired) electrons. The lowest BCUT2D eigenvalue weighted by Crippen LogP contribution is -2.06. The molecule has 2 aromatic rings. The first-order valence-electron chi connectivity index (χ1n) is 6.31. The van der Waals surface area contributed by atoms with Crippen LogP contribution in [0.4, 0.5) is 5.69 Å². The average Bonchev–Trinajstić information content (AvgIpc) is 2.54. The summed E-state index contributed by atoms with van der Waals surface area (Å²) in [5, 5.41) is 0. The molecule has 0 fully saturated rings. The number of nitrogens with two attached hydrogens (primary N) is 1. The first kappa shape index (κ1) is 14.7. The molecule has 2 rings (SSSR count). The van der Waals surface area contributed by atoms with Crippen LogP contribution in [0.15, 0.2) is 36.4 Å². The smallest absolute Gasteiger partial charge is 0.195 e. The molecule has 0 aliphatic carbocycles. The number of methoxy groups -OCH3 is 3.